The van der Waals surface area contributed by atoms with Crippen LogP contribution >= 0.6 is 11.6 Å². The molecule has 0 fully saturated rings. The molecule has 1 amide bonds. The largest absolute Gasteiger partial charge is 0.395 e. The van der Waals surface area contributed by atoms with Crippen molar-refractivity contribution in [3.8, 4) is 0 Å². The first-order chi connectivity index (χ1) is 8.10. The Balaban J connectivity index is 2.85. The Morgan fingerprint density at radius 3 is 2.88 bits per heavy atom. The van der Waals surface area contributed by atoms with Gasteiger partial charge in [0.15, 0.2) is 0 Å². The highest BCUT2D eigenvalue weighted by molar-refractivity contribution is 6.33. The summed E-state index contributed by atoms with van der Waals surface area (Å²) in [7, 11) is 1.62. The Morgan fingerprint density at radius 2 is 2.35 bits per heavy atom. The van der Waals surface area contributed by atoms with Crippen LogP contribution in [0.5, 0.6) is 0 Å². The van der Waals surface area contributed by atoms with Crippen LogP contribution < -0.4 is 5.32 Å². The summed E-state index contributed by atoms with van der Waals surface area (Å²) in [5.74, 6) is 0.354. The Labute approximate surface area is 105 Å². The number of pyridine rings is 1. The number of amides is 1. The number of aliphatic hydroxyl groups is 1. The first-order valence-corrected chi connectivity index (χ1v) is 5.73. The van der Waals surface area contributed by atoms with Gasteiger partial charge in [-0.3, -0.25) is 4.79 Å². The van der Waals surface area contributed by atoms with Gasteiger partial charge in [-0.05, 0) is 13.0 Å². The van der Waals surface area contributed by atoms with E-state index in [1.807, 2.05) is 6.92 Å². The first-order valence-electron chi connectivity index (χ1n) is 5.35. The molecule has 0 aliphatic rings. The van der Waals surface area contributed by atoms with Crippen LogP contribution in [-0.2, 0) is 0 Å². The lowest BCUT2D eigenvalue weighted by atomic mass is 10.2. The highest BCUT2D eigenvalue weighted by Crippen LogP contribution is 2.20. The zero-order chi connectivity index (χ0) is 12.8. The van der Waals surface area contributed by atoms with E-state index in [9.17, 15) is 4.79 Å². The van der Waals surface area contributed by atoms with Gasteiger partial charge in [-0.25, -0.2) is 4.98 Å². The van der Waals surface area contributed by atoms with E-state index < -0.39 is 0 Å². The molecule has 1 aromatic rings. The Morgan fingerprint density at radius 1 is 1.65 bits per heavy atom. The smallest absolute Gasteiger partial charge is 0.255 e. The molecule has 1 aromatic heterocycles. The molecule has 1 rings (SSSR count). The van der Waals surface area contributed by atoms with Crippen LogP contribution in [0.15, 0.2) is 12.3 Å². The van der Waals surface area contributed by atoms with Crippen molar-refractivity contribution in [2.75, 3.05) is 32.1 Å². The van der Waals surface area contributed by atoms with Crippen LogP contribution in [-0.4, -0.2) is 47.6 Å². The van der Waals surface area contributed by atoms with Crippen molar-refractivity contribution in [1.29, 1.82) is 0 Å². The van der Waals surface area contributed by atoms with Crippen LogP contribution in [0.1, 0.15) is 17.3 Å². The van der Waals surface area contributed by atoms with Crippen molar-refractivity contribution in [1.82, 2.24) is 9.88 Å². The normalized spacial score (nSPS) is 10.1. The van der Waals surface area contributed by atoms with Gasteiger partial charge in [-0.2, -0.15) is 0 Å². The van der Waals surface area contributed by atoms with Gasteiger partial charge in [-0.15, -0.1) is 0 Å². The summed E-state index contributed by atoms with van der Waals surface area (Å²) in [5.41, 5.74) is 0.410. The van der Waals surface area contributed by atoms with E-state index in [4.69, 9.17) is 16.7 Å². The number of nitrogens with one attached hydrogen (secondary N) is 1. The number of anilines is 1. The van der Waals surface area contributed by atoms with E-state index in [0.29, 0.717) is 22.9 Å². The molecular weight excluding hydrogens is 242 g/mol. The third kappa shape index (κ3) is 3.57. The number of rotatable bonds is 5. The molecule has 0 atom stereocenters. The van der Waals surface area contributed by atoms with Crippen molar-refractivity contribution in [3.05, 3.63) is 22.8 Å². The second-order valence-electron chi connectivity index (χ2n) is 3.54. The van der Waals surface area contributed by atoms with E-state index in [1.165, 1.54) is 11.1 Å². The molecule has 0 saturated heterocycles. The monoisotopic (exact) mass is 257 g/mol. The maximum absolute atomic E-state index is 11.9. The summed E-state index contributed by atoms with van der Waals surface area (Å²) < 4.78 is 0. The fourth-order valence-corrected chi connectivity index (χ4v) is 1.56. The minimum atomic E-state index is -0.212. The van der Waals surface area contributed by atoms with Crippen molar-refractivity contribution >= 4 is 23.3 Å². The Hall–Kier alpha value is -1.33. The molecule has 0 aromatic carbocycles. The zero-order valence-corrected chi connectivity index (χ0v) is 10.7. The topological polar surface area (TPSA) is 65.5 Å². The SMILES string of the molecule is CCNc1ncc(C(=O)N(C)CCO)cc1Cl. The summed E-state index contributed by atoms with van der Waals surface area (Å²) in [4.78, 5) is 17.3. The number of likely N-dealkylation sites (N-methyl/N-ethyl adjacent to an activating group) is 1. The fraction of sp³-hybridized carbons (Fsp3) is 0.455. The van der Waals surface area contributed by atoms with Crippen molar-refractivity contribution < 1.29 is 9.90 Å². The third-order valence-electron chi connectivity index (χ3n) is 2.21. The lowest BCUT2D eigenvalue weighted by Crippen LogP contribution is -2.29. The van der Waals surface area contributed by atoms with Crippen LogP contribution in [0.4, 0.5) is 5.82 Å². The zero-order valence-electron chi connectivity index (χ0n) is 9.90. The van der Waals surface area contributed by atoms with Crippen molar-refractivity contribution in [2.24, 2.45) is 0 Å². The van der Waals surface area contributed by atoms with E-state index in [1.54, 1.807) is 13.1 Å². The molecule has 17 heavy (non-hydrogen) atoms. The molecule has 0 unspecified atom stereocenters. The number of carbonyl (C=O) groups is 1. The molecule has 5 nitrogen and oxygen atoms in total. The molecule has 0 aliphatic carbocycles. The van der Waals surface area contributed by atoms with Crippen molar-refractivity contribution in [2.45, 2.75) is 6.92 Å². The second-order valence-corrected chi connectivity index (χ2v) is 3.94. The minimum absolute atomic E-state index is 0.0706. The van der Waals surface area contributed by atoms with Gasteiger partial charge in [0.1, 0.15) is 5.82 Å². The third-order valence-corrected chi connectivity index (χ3v) is 2.50. The Kier molecular flexibility index (Phi) is 5.18. The molecule has 0 saturated carbocycles. The van der Waals surface area contributed by atoms with Crippen LogP contribution in [0.3, 0.4) is 0 Å². The number of nitrogens with zero attached hydrogens (tertiary/aromatic N) is 2. The number of aromatic nitrogens is 1. The predicted molar refractivity (Wildman–Crippen MR) is 67.5 cm³/mol. The average molecular weight is 258 g/mol. The van der Waals surface area contributed by atoms with Gasteiger partial charge < -0.3 is 15.3 Å². The number of carbonyl (C=O) groups excluding carboxylic acids is 1. The first kappa shape index (κ1) is 13.7. The molecule has 0 radical (unpaired) electrons. The van der Waals surface area contributed by atoms with Gasteiger partial charge in [0.2, 0.25) is 0 Å². The second kappa shape index (κ2) is 6.42. The van der Waals surface area contributed by atoms with Crippen LogP contribution in [0, 0.1) is 0 Å². The van der Waals surface area contributed by atoms with Gasteiger partial charge >= 0.3 is 0 Å². The van der Waals surface area contributed by atoms with Gasteiger partial charge in [0, 0.05) is 26.3 Å². The molecule has 1 heterocycles. The number of halogens is 1. The quantitative estimate of drug-likeness (QED) is 0.833. The van der Waals surface area contributed by atoms with E-state index in [2.05, 4.69) is 10.3 Å². The molecule has 0 spiro atoms. The standard InChI is InChI=1S/C11H16ClN3O2/c1-3-13-10-9(12)6-8(7-14-10)11(17)15(2)4-5-16/h6-7,16H,3-5H2,1-2H3,(H,13,14). The summed E-state index contributed by atoms with van der Waals surface area (Å²) >= 11 is 5.99. The lowest BCUT2D eigenvalue weighted by Gasteiger charge is -2.16. The maximum Gasteiger partial charge on any atom is 0.255 e. The van der Waals surface area contributed by atoms with E-state index in [-0.39, 0.29) is 19.1 Å². The number of hydrogen-bond acceptors (Lipinski definition) is 4. The maximum atomic E-state index is 11.9. The van der Waals surface area contributed by atoms with Gasteiger partial charge in [-0.1, -0.05) is 11.6 Å². The Bertz CT molecular complexity index is 398. The molecular formula is C11H16ClN3O2. The highest BCUT2D eigenvalue weighted by Gasteiger charge is 2.13. The number of aliphatic hydroxyl groups excluding tert-OH is 1. The molecule has 94 valence electrons. The molecule has 0 bridgehead atoms. The summed E-state index contributed by atoms with van der Waals surface area (Å²) in [6, 6.07) is 1.57. The van der Waals surface area contributed by atoms with Gasteiger partial charge in [0.25, 0.3) is 5.91 Å². The van der Waals surface area contributed by atoms with Crippen molar-refractivity contribution in [3.63, 3.8) is 0 Å². The van der Waals surface area contributed by atoms with E-state index in [0.717, 1.165) is 0 Å². The highest BCUT2D eigenvalue weighted by atomic mass is 35.5. The van der Waals surface area contributed by atoms with E-state index >= 15 is 0 Å². The molecule has 0 aliphatic heterocycles. The summed E-state index contributed by atoms with van der Waals surface area (Å²) in [6.45, 7) is 2.86. The summed E-state index contributed by atoms with van der Waals surface area (Å²) in [6.07, 6.45) is 1.47. The lowest BCUT2D eigenvalue weighted by molar-refractivity contribution is 0.0766. The van der Waals surface area contributed by atoms with Gasteiger partial charge in [0.05, 0.1) is 17.2 Å². The fourth-order valence-electron chi connectivity index (χ4n) is 1.32. The average Bonchev–Trinajstić information content (AvgIpc) is 2.31. The number of hydrogen-bond donors (Lipinski definition) is 2. The molecule has 6 heteroatoms. The van der Waals surface area contributed by atoms with Crippen LogP contribution in [0.2, 0.25) is 5.02 Å². The summed E-state index contributed by atoms with van der Waals surface area (Å²) in [5, 5.41) is 12.2. The van der Waals surface area contributed by atoms with Crippen LogP contribution in [0.25, 0.3) is 0 Å². The minimum Gasteiger partial charge on any atom is -0.395 e. The molecule has 2 N–H and O–H groups in total. The predicted octanol–water partition coefficient (Wildman–Crippen LogP) is 1.23.